The van der Waals surface area contributed by atoms with Crippen molar-refractivity contribution in [3.05, 3.63) is 81.9 Å². The van der Waals surface area contributed by atoms with E-state index in [4.69, 9.17) is 30.6 Å². The summed E-state index contributed by atoms with van der Waals surface area (Å²) in [5.41, 5.74) is 0.959. The number of carbonyl (C=O) groups is 4. The molecule has 3 N–H and O–H groups in total. The predicted molar refractivity (Wildman–Crippen MR) is 308 cm³/mol. The molecule has 0 saturated carbocycles. The zero-order valence-electron chi connectivity index (χ0n) is 47.6. The molecule has 19 nitrogen and oxygen atoms in total. The summed E-state index contributed by atoms with van der Waals surface area (Å²) < 4.78 is 54.0. The van der Waals surface area contributed by atoms with Crippen LogP contribution in [0.4, 0.5) is 24.2 Å². The van der Waals surface area contributed by atoms with Crippen molar-refractivity contribution in [1.29, 1.82) is 0 Å². The summed E-state index contributed by atoms with van der Waals surface area (Å²) in [6.45, 7) is 8.00. The molecule has 5 saturated heterocycles. The van der Waals surface area contributed by atoms with Crippen molar-refractivity contribution in [3.8, 4) is 35.4 Å². The second kappa shape index (κ2) is 23.4. The Morgan fingerprint density at radius 3 is 2.46 bits per heavy atom. The number of imide groups is 1. The van der Waals surface area contributed by atoms with E-state index in [9.17, 15) is 29.1 Å². The number of amides is 4. The van der Waals surface area contributed by atoms with Crippen molar-refractivity contribution < 1.29 is 47.3 Å². The number of piperazine rings is 1. The fraction of sp³-hybridized carbons (Fsp3) is 0.516. The lowest BCUT2D eigenvalue weighted by Crippen LogP contribution is -2.57. The van der Waals surface area contributed by atoms with Crippen LogP contribution in [0.1, 0.15) is 134 Å². The number of phenolic OH excluding ortho intramolecular Hbond substituents is 1. The highest BCUT2D eigenvalue weighted by Gasteiger charge is 2.51. The van der Waals surface area contributed by atoms with Crippen molar-refractivity contribution in [3.63, 3.8) is 0 Å². The van der Waals surface area contributed by atoms with Gasteiger partial charge in [0.05, 0.1) is 39.6 Å². The Hall–Kier alpha value is -7.86. The van der Waals surface area contributed by atoms with Crippen LogP contribution in [-0.2, 0) is 32.5 Å². The Bertz CT molecular complexity index is 3620. The standard InChI is InChI=1S/C62H72F2N10O9/c1-6-43-46(63)22-19-38-30-42(75)31-44(50(38)43)52-51(64)53-45(32-66-52)55(71-33-39-20-21-40(34-71)73(39)60(80)83-61(2,3)4)69-57(68-53)82-36-62-26-15-29-72(62)41(25-27-62)35-81-58(78)65-28-13-11-9-7-8-10-12-16-37-17-14-18-47-54(37)70(5)59(79)74(47)48-23-24-49(76)67-56(48)77/h1,14,17-19,22,30-32,39-41,48,75H,7-13,15-16,20-21,23-29,33-36H2,2-5H3,(H,65,78)(H,67,76,77)/t39?,40?,41-,48?,62-/m0/s1. The Labute approximate surface area is 480 Å². The van der Waals surface area contributed by atoms with E-state index in [2.05, 4.69) is 26.4 Å². The first-order valence-electron chi connectivity index (χ1n) is 29.3. The van der Waals surface area contributed by atoms with Crippen LogP contribution in [0.2, 0.25) is 0 Å². The average molecular weight is 1140 g/mol. The molecule has 0 radical (unpaired) electrons. The van der Waals surface area contributed by atoms with E-state index in [0.717, 1.165) is 108 Å². The van der Waals surface area contributed by atoms with E-state index >= 15 is 8.78 Å². The number of para-hydroxylation sites is 1. The van der Waals surface area contributed by atoms with Crippen molar-refractivity contribution in [2.75, 3.05) is 44.3 Å². The number of pyridine rings is 1. The summed E-state index contributed by atoms with van der Waals surface area (Å²) in [5, 5.41) is 17.0. The number of aromatic hydroxyl groups is 1. The van der Waals surface area contributed by atoms with Crippen LogP contribution in [0.15, 0.2) is 53.5 Å². The Kier molecular flexibility index (Phi) is 16.1. The number of piperidine rings is 1. The van der Waals surface area contributed by atoms with Gasteiger partial charge in [0.15, 0.2) is 5.82 Å². The third-order valence-electron chi connectivity index (χ3n) is 17.5. The van der Waals surface area contributed by atoms with E-state index in [1.165, 1.54) is 35.0 Å². The third kappa shape index (κ3) is 11.4. The highest BCUT2D eigenvalue weighted by atomic mass is 19.1. The Balaban J connectivity index is 0.692. The molecule has 5 aliphatic rings. The number of anilines is 1. The molecule has 3 aromatic heterocycles. The van der Waals surface area contributed by atoms with Gasteiger partial charge in [0.25, 0.3) is 0 Å². The number of aryl methyl sites for hydroxylation is 2. The lowest BCUT2D eigenvalue weighted by atomic mass is 9.95. The number of rotatable bonds is 18. The molecule has 5 fully saturated rings. The quantitative estimate of drug-likeness (QED) is 0.0416. The minimum absolute atomic E-state index is 0.0312. The van der Waals surface area contributed by atoms with Crippen LogP contribution in [0.25, 0.3) is 44.0 Å². The van der Waals surface area contributed by atoms with Gasteiger partial charge in [-0.3, -0.25) is 38.8 Å². The van der Waals surface area contributed by atoms with Gasteiger partial charge < -0.3 is 29.5 Å². The number of terminal acetylenes is 1. The van der Waals surface area contributed by atoms with Gasteiger partial charge in [0, 0.05) is 56.3 Å². The van der Waals surface area contributed by atoms with Gasteiger partial charge in [-0.15, -0.1) is 6.42 Å². The summed E-state index contributed by atoms with van der Waals surface area (Å²) >= 11 is 0. The number of alkyl carbamates (subject to hydrolysis) is 1. The number of hydrogen-bond acceptors (Lipinski definition) is 14. The van der Waals surface area contributed by atoms with Crippen LogP contribution in [0.5, 0.6) is 11.8 Å². The van der Waals surface area contributed by atoms with E-state index in [1.54, 1.807) is 11.6 Å². The largest absolute Gasteiger partial charge is 0.508 e. The number of phenols is 1. The molecular weight excluding hydrogens is 1070 g/mol. The van der Waals surface area contributed by atoms with Gasteiger partial charge in [-0.1, -0.05) is 56.2 Å². The highest BCUT2D eigenvalue weighted by molar-refractivity contribution is 6.03. The number of benzene rings is 3. The molecule has 5 aliphatic heterocycles. The molecule has 2 bridgehead atoms. The number of fused-ring (bicyclic) bond motifs is 6. The number of halogens is 2. The molecular formula is C62H72F2N10O9. The highest BCUT2D eigenvalue weighted by Crippen LogP contribution is 2.44. The number of unbranched alkanes of at least 4 members (excludes halogenated alkanes) is 6. The van der Waals surface area contributed by atoms with Crippen molar-refractivity contribution >= 4 is 62.5 Å². The van der Waals surface area contributed by atoms with Crippen molar-refractivity contribution in [1.82, 2.24) is 44.5 Å². The number of hydrogen-bond donors (Lipinski definition) is 3. The van der Waals surface area contributed by atoms with E-state index in [1.807, 2.05) is 48.8 Å². The number of aromatic nitrogens is 5. The van der Waals surface area contributed by atoms with E-state index in [-0.39, 0.29) is 94.9 Å². The molecule has 5 atom stereocenters. The topological polar surface area (TPSA) is 216 Å². The van der Waals surface area contributed by atoms with Gasteiger partial charge in [0.1, 0.15) is 53.5 Å². The number of carbonyl (C=O) groups excluding carboxylic acids is 4. The average Bonchev–Trinajstić information content (AvgIpc) is 3.14. The lowest BCUT2D eigenvalue weighted by Gasteiger charge is -2.42. The van der Waals surface area contributed by atoms with Gasteiger partial charge >= 0.3 is 23.9 Å². The summed E-state index contributed by atoms with van der Waals surface area (Å²) in [6.07, 6.45) is 19.5. The molecule has 4 amide bonds. The Morgan fingerprint density at radius 1 is 0.952 bits per heavy atom. The van der Waals surface area contributed by atoms with Crippen LogP contribution in [-0.4, -0.2) is 132 Å². The zero-order chi connectivity index (χ0) is 58.3. The van der Waals surface area contributed by atoms with Crippen molar-refractivity contribution in [2.24, 2.45) is 7.05 Å². The smallest absolute Gasteiger partial charge is 0.410 e. The van der Waals surface area contributed by atoms with Crippen LogP contribution in [0, 0.1) is 24.0 Å². The van der Waals surface area contributed by atoms with Crippen LogP contribution in [0.3, 0.4) is 0 Å². The maximum absolute atomic E-state index is 17.5. The maximum Gasteiger partial charge on any atom is 0.410 e. The van der Waals surface area contributed by atoms with Gasteiger partial charge in [-0.2, -0.15) is 9.97 Å². The SMILES string of the molecule is C#Cc1c(F)ccc2cc(O)cc(-c3ncc4c(N5CC6CCC(C5)N6C(=O)OC(C)(C)C)nc(OC[C@@]56CCCN5[C@H](COC(=O)NCCCCCCCCCc5cccc7c5n(C)c(=O)n7C5CCC(=O)NC5=O)CC6)nc4c3F)c12. The zero-order valence-corrected chi connectivity index (χ0v) is 47.6. The molecule has 3 unspecified atom stereocenters. The third-order valence-corrected chi connectivity index (χ3v) is 17.5. The molecule has 3 aromatic carbocycles. The summed E-state index contributed by atoms with van der Waals surface area (Å²) in [4.78, 5) is 84.6. The first-order chi connectivity index (χ1) is 39.9. The fourth-order valence-corrected chi connectivity index (χ4v) is 13.6. The van der Waals surface area contributed by atoms with Gasteiger partial charge in [0.2, 0.25) is 11.8 Å². The summed E-state index contributed by atoms with van der Waals surface area (Å²) in [5.74, 6) is 0.322. The van der Waals surface area contributed by atoms with E-state index in [0.29, 0.717) is 48.2 Å². The van der Waals surface area contributed by atoms with Crippen LogP contribution >= 0.6 is 0 Å². The first kappa shape index (κ1) is 57.0. The second-order valence-electron chi connectivity index (χ2n) is 24.1. The number of imidazole rings is 1. The normalized spacial score (nSPS) is 21.7. The molecule has 0 spiro atoms. The second-order valence-corrected chi connectivity index (χ2v) is 24.1. The monoisotopic (exact) mass is 1140 g/mol. The molecule has 11 rings (SSSR count). The first-order valence-corrected chi connectivity index (χ1v) is 29.3. The minimum Gasteiger partial charge on any atom is -0.508 e. The molecule has 8 heterocycles. The fourth-order valence-electron chi connectivity index (χ4n) is 13.6. The van der Waals surface area contributed by atoms with Gasteiger partial charge in [-0.25, -0.2) is 23.2 Å². The lowest BCUT2D eigenvalue weighted by molar-refractivity contribution is -0.135. The molecule has 83 heavy (non-hydrogen) atoms. The minimum atomic E-state index is -0.837. The summed E-state index contributed by atoms with van der Waals surface area (Å²) in [6, 6.07) is 10.0. The van der Waals surface area contributed by atoms with E-state index < -0.39 is 40.8 Å². The molecule has 0 aliphatic carbocycles. The summed E-state index contributed by atoms with van der Waals surface area (Å²) in [7, 11) is 1.73. The van der Waals surface area contributed by atoms with Crippen molar-refractivity contribution in [2.45, 2.75) is 159 Å². The van der Waals surface area contributed by atoms with Crippen LogP contribution < -0.4 is 26.0 Å². The maximum atomic E-state index is 17.5. The van der Waals surface area contributed by atoms with Gasteiger partial charge in [-0.05, 0) is 127 Å². The number of nitrogens with zero attached hydrogens (tertiary/aromatic N) is 8. The molecule has 6 aromatic rings. The number of ether oxygens (including phenoxy) is 3. The molecule has 21 heteroatoms. The Morgan fingerprint density at radius 2 is 1.71 bits per heavy atom. The number of nitrogens with one attached hydrogen (secondary N) is 2. The molecule has 438 valence electrons. The predicted octanol–water partition coefficient (Wildman–Crippen LogP) is 9.10.